The summed E-state index contributed by atoms with van der Waals surface area (Å²) >= 11 is 0. The molecule has 0 aliphatic heterocycles. The Labute approximate surface area is 335 Å². The van der Waals surface area contributed by atoms with E-state index in [0.717, 1.165) is 101 Å². The first kappa shape index (κ1) is 52.1. The Morgan fingerprint density at radius 3 is 1.26 bits per heavy atom. The molecule has 0 radical (unpaired) electrons. The smallest absolute Gasteiger partial charge is 0.306 e. The average Bonchev–Trinajstić information content (AvgIpc) is 3.16. The molecule has 0 fully saturated rings. The summed E-state index contributed by atoms with van der Waals surface area (Å²) in [6.45, 7) is 9.80. The Bertz CT molecular complexity index is 899. The zero-order valence-corrected chi connectivity index (χ0v) is 37.2. The maximum atomic E-state index is 13.0. The second kappa shape index (κ2) is 39.3. The monoisotopic (exact) mass is 776 g/mol. The summed E-state index contributed by atoms with van der Waals surface area (Å²) < 4.78 is 10.9. The van der Waals surface area contributed by atoms with Crippen molar-refractivity contribution in [2.45, 2.75) is 195 Å². The molecule has 0 aliphatic rings. The van der Waals surface area contributed by atoms with Gasteiger partial charge in [-0.1, -0.05) is 168 Å². The minimum absolute atomic E-state index is 0.0955. The number of carbonyl (C=O) groups excluding carboxylic acids is 3. The van der Waals surface area contributed by atoms with Gasteiger partial charge in [0.15, 0.2) is 5.52 Å². The largest absolute Gasteiger partial charge is 0.461 e. The second-order valence-corrected chi connectivity index (χ2v) is 18.1. The van der Waals surface area contributed by atoms with E-state index < -0.39 is 7.92 Å². The van der Waals surface area contributed by atoms with Gasteiger partial charge in [-0.15, -0.1) is 0 Å². The summed E-state index contributed by atoms with van der Waals surface area (Å²) in [6, 6.07) is 0. The van der Waals surface area contributed by atoms with E-state index in [0.29, 0.717) is 31.6 Å². The summed E-state index contributed by atoms with van der Waals surface area (Å²) in [5.74, 6) is 1.32. The first-order valence-electron chi connectivity index (χ1n) is 22.5. The van der Waals surface area contributed by atoms with Gasteiger partial charge in [-0.05, 0) is 70.6 Å². The van der Waals surface area contributed by atoms with Gasteiger partial charge in [0.1, 0.15) is 13.2 Å². The molecule has 7 heteroatoms. The van der Waals surface area contributed by atoms with E-state index in [1.807, 2.05) is 37.3 Å². The number of carbonyl (C=O) groups is 3. The number of unbranched alkanes of at least 4 members (excludes halogenated alkanes) is 12. The third-order valence-electron chi connectivity index (χ3n) is 10.3. The van der Waals surface area contributed by atoms with Crippen LogP contribution in [0.2, 0.25) is 0 Å². The number of hydrogen-bond acceptors (Lipinski definition) is 6. The summed E-state index contributed by atoms with van der Waals surface area (Å²) in [6.07, 6.45) is 42.9. The minimum atomic E-state index is -0.678. The molecule has 0 aromatic heterocycles. The lowest BCUT2D eigenvalue weighted by atomic mass is 9.93. The van der Waals surface area contributed by atoms with Gasteiger partial charge in [-0.3, -0.25) is 14.4 Å². The highest BCUT2D eigenvalue weighted by atomic mass is 31.1. The lowest BCUT2D eigenvalue weighted by Crippen LogP contribution is -2.05. The Kier molecular flexibility index (Phi) is 37.9. The van der Waals surface area contributed by atoms with E-state index in [4.69, 9.17) is 9.47 Å². The number of esters is 2. The van der Waals surface area contributed by atoms with Crippen LogP contribution in [0.1, 0.15) is 195 Å². The normalized spacial score (nSPS) is 12.0. The predicted molar refractivity (Wildman–Crippen MR) is 234 cm³/mol. The molecule has 0 saturated carbocycles. The van der Waals surface area contributed by atoms with Gasteiger partial charge >= 0.3 is 11.9 Å². The van der Waals surface area contributed by atoms with Gasteiger partial charge in [0, 0.05) is 39.2 Å². The molecule has 0 rings (SSSR count). The lowest BCUT2D eigenvalue weighted by molar-refractivity contribution is -0.143. The summed E-state index contributed by atoms with van der Waals surface area (Å²) in [5.41, 5.74) is 0.294. The topological polar surface area (TPSA) is 72.9 Å². The molecule has 0 heterocycles. The molecule has 0 saturated heterocycles. The minimum Gasteiger partial charge on any atom is -0.461 e. The highest BCUT2D eigenvalue weighted by Gasteiger charge is 2.15. The third-order valence-corrected chi connectivity index (χ3v) is 12.7. The van der Waals surface area contributed by atoms with E-state index in [9.17, 15) is 14.4 Å². The van der Waals surface area contributed by atoms with Gasteiger partial charge in [-0.25, -0.2) is 0 Å². The van der Waals surface area contributed by atoms with E-state index in [1.54, 1.807) is 6.08 Å². The van der Waals surface area contributed by atoms with Crippen LogP contribution in [0.25, 0.3) is 0 Å². The number of ether oxygens (including phenoxy) is 2. The van der Waals surface area contributed by atoms with Crippen LogP contribution < -0.4 is 0 Å². The fourth-order valence-corrected chi connectivity index (χ4v) is 8.88. The third kappa shape index (κ3) is 34.5. The summed E-state index contributed by atoms with van der Waals surface area (Å²) in [5, 5.41) is 0. The van der Waals surface area contributed by atoms with Crippen molar-refractivity contribution >= 4 is 25.4 Å². The van der Waals surface area contributed by atoms with E-state index in [-0.39, 0.29) is 11.9 Å². The van der Waals surface area contributed by atoms with E-state index in [1.165, 1.54) is 77.0 Å². The second-order valence-electron chi connectivity index (χ2n) is 15.7. The Morgan fingerprint density at radius 1 is 0.519 bits per heavy atom. The maximum absolute atomic E-state index is 13.0. The molecule has 314 valence electrons. The van der Waals surface area contributed by atoms with Crippen LogP contribution in [0.4, 0.5) is 0 Å². The lowest BCUT2D eigenvalue weighted by Gasteiger charge is -2.15. The van der Waals surface area contributed by atoms with Gasteiger partial charge in [-0.2, -0.15) is 0 Å². The maximum Gasteiger partial charge on any atom is 0.306 e. The molecular weight excluding hydrogens is 689 g/mol. The Hall–Kier alpha value is -1.94. The van der Waals surface area contributed by atoms with Crippen molar-refractivity contribution in [3.05, 3.63) is 36.6 Å². The van der Waals surface area contributed by atoms with Crippen molar-refractivity contribution in [1.29, 1.82) is 0 Å². The molecule has 54 heavy (non-hydrogen) atoms. The van der Waals surface area contributed by atoms with Crippen LogP contribution in [0, 0.1) is 11.8 Å². The van der Waals surface area contributed by atoms with E-state index in [2.05, 4.69) is 39.8 Å². The molecule has 0 N–H and O–H groups in total. The average molecular weight is 776 g/mol. The van der Waals surface area contributed by atoms with Crippen molar-refractivity contribution in [3.63, 3.8) is 0 Å². The number of nitrogens with zero attached hydrogens (tertiary/aromatic N) is 1. The van der Waals surface area contributed by atoms with Crippen LogP contribution in [-0.2, 0) is 23.9 Å². The molecular formula is C47H86NO5P. The summed E-state index contributed by atoms with van der Waals surface area (Å²) in [4.78, 5) is 39.3. The fourth-order valence-electron chi connectivity index (χ4n) is 6.73. The van der Waals surface area contributed by atoms with Gasteiger partial charge in [0.25, 0.3) is 0 Å². The van der Waals surface area contributed by atoms with Crippen molar-refractivity contribution in [2.24, 2.45) is 11.8 Å². The molecule has 0 amide bonds. The molecule has 0 aromatic rings. The van der Waals surface area contributed by atoms with Crippen LogP contribution in [0.5, 0.6) is 0 Å². The van der Waals surface area contributed by atoms with Crippen LogP contribution in [0.15, 0.2) is 36.6 Å². The van der Waals surface area contributed by atoms with Crippen molar-refractivity contribution in [1.82, 2.24) is 4.90 Å². The molecule has 6 nitrogen and oxygen atoms in total. The fraction of sp³-hybridized carbons (Fsp3) is 0.809. The molecule has 0 atom stereocenters. The first-order valence-corrected chi connectivity index (χ1v) is 24.2. The van der Waals surface area contributed by atoms with Crippen molar-refractivity contribution in [3.8, 4) is 0 Å². The van der Waals surface area contributed by atoms with E-state index >= 15 is 0 Å². The highest BCUT2D eigenvalue weighted by Crippen LogP contribution is 2.39. The van der Waals surface area contributed by atoms with Crippen LogP contribution in [-0.4, -0.2) is 62.0 Å². The van der Waals surface area contributed by atoms with Crippen LogP contribution in [0.3, 0.4) is 0 Å². The Morgan fingerprint density at radius 2 is 0.889 bits per heavy atom. The predicted octanol–water partition coefficient (Wildman–Crippen LogP) is 13.7. The number of rotatable bonds is 39. The SMILES string of the molecule is CCCCC(C/C=C\COC(=O)CCCCCCCP(CCCCCCCC(=O)OC/C=C\CC(CCCC)CCCC)C(=O)/C=C/N(C)C)CCCC. The van der Waals surface area contributed by atoms with Gasteiger partial charge in [0.2, 0.25) is 0 Å². The molecule has 0 aromatic carbocycles. The Balaban J connectivity index is 4.22. The summed E-state index contributed by atoms with van der Waals surface area (Å²) in [7, 11) is 3.22. The molecule has 0 spiro atoms. The van der Waals surface area contributed by atoms with Crippen molar-refractivity contribution in [2.75, 3.05) is 39.6 Å². The van der Waals surface area contributed by atoms with Gasteiger partial charge in [0.05, 0.1) is 0 Å². The standard InChI is InChI=1S/C47H86NO5P/c1-7-11-29-43(30-12-8-2)33-23-25-39-52-45(49)35-21-17-15-19-27-41-54(47(51)37-38-48(5)6)42-28-20-16-18-22-36-46(50)53-40-26-24-34-44(31-13-9-3)32-14-10-4/h23-26,37-38,43-44H,7-22,27-36,39-42H2,1-6H3/b25-23-,26-24-,38-37+. The highest BCUT2D eigenvalue weighted by molar-refractivity contribution is 7.75. The number of allylic oxidation sites excluding steroid dienone is 3. The zero-order chi connectivity index (χ0) is 39.9. The van der Waals surface area contributed by atoms with Crippen LogP contribution >= 0.6 is 7.92 Å². The molecule has 0 unspecified atom stereocenters. The number of hydrogen-bond donors (Lipinski definition) is 0. The molecule has 0 bridgehead atoms. The van der Waals surface area contributed by atoms with Crippen molar-refractivity contribution < 1.29 is 23.9 Å². The quantitative estimate of drug-likeness (QED) is 0.0204. The van der Waals surface area contributed by atoms with Gasteiger partial charge < -0.3 is 14.4 Å². The molecule has 0 aliphatic carbocycles. The zero-order valence-electron chi connectivity index (χ0n) is 36.3. The first-order chi connectivity index (χ1) is 26.3.